The van der Waals surface area contributed by atoms with Crippen LogP contribution in [0.3, 0.4) is 0 Å². The summed E-state index contributed by atoms with van der Waals surface area (Å²) in [5, 5.41) is 0. The van der Waals surface area contributed by atoms with Crippen molar-refractivity contribution in [3.63, 3.8) is 0 Å². The molecule has 8 heteroatoms. The molecule has 0 rings (SSSR count). The van der Waals surface area contributed by atoms with Crippen LogP contribution in [0.2, 0.25) is 0 Å². The molecule has 0 heterocycles. The van der Waals surface area contributed by atoms with Crippen LogP contribution in [0.5, 0.6) is 0 Å². The molecule has 48 heavy (non-hydrogen) atoms. The van der Waals surface area contributed by atoms with Gasteiger partial charge in [0.1, 0.15) is 0 Å². The van der Waals surface area contributed by atoms with Crippen molar-refractivity contribution in [1.82, 2.24) is 0 Å². The second-order valence-electron chi connectivity index (χ2n) is 6.79. The van der Waals surface area contributed by atoms with E-state index in [1.54, 1.807) is 0 Å². The summed E-state index contributed by atoms with van der Waals surface area (Å²) >= 11 is 0. The molecule has 0 amide bonds. The first-order valence-corrected chi connectivity index (χ1v) is 13.6. The topological polar surface area (TPSA) is 0 Å². The molecule has 0 aliphatic carbocycles. The van der Waals surface area contributed by atoms with E-state index in [1.165, 1.54) is 51.4 Å². The van der Waals surface area contributed by atoms with Crippen molar-refractivity contribution in [2.75, 3.05) is 0 Å². The van der Waals surface area contributed by atoms with Gasteiger partial charge in [-0.2, -0.15) is 79.1 Å². The van der Waals surface area contributed by atoms with Gasteiger partial charge in [0.05, 0.1) is 0 Å². The predicted octanol–water partition coefficient (Wildman–Crippen LogP) is 16.5. The Balaban J connectivity index is -0.00000000600. The van der Waals surface area contributed by atoms with Gasteiger partial charge in [0.15, 0.2) is 0 Å². The normalized spacial score (nSPS) is 5.00. The maximum Gasteiger partial charge on any atom is 0 e. The van der Waals surface area contributed by atoms with Crippen molar-refractivity contribution in [2.24, 2.45) is 0 Å². The van der Waals surface area contributed by atoms with Crippen LogP contribution >= 0.6 is 0 Å². The molecule has 0 atom stereocenters. The average Bonchev–Trinajstić information content (AvgIpc) is 2.74. The largest absolute Gasteiger partial charge is 0.358 e. The molecule has 0 fully saturated rings. The van der Waals surface area contributed by atoms with Crippen molar-refractivity contribution in [3.8, 4) is 0 Å². The minimum Gasteiger partial charge on any atom is -0.358 e. The molecule has 8 radical (unpaired) electrons. The molecule has 0 nitrogen and oxygen atoms in total. The summed E-state index contributed by atoms with van der Waals surface area (Å²) in [7, 11) is 0. The van der Waals surface area contributed by atoms with Gasteiger partial charge in [-0.05, 0) is 0 Å². The van der Waals surface area contributed by atoms with E-state index >= 15 is 0 Å². The van der Waals surface area contributed by atoms with Gasteiger partial charge >= 0.3 is 0 Å². The van der Waals surface area contributed by atoms with Crippen molar-refractivity contribution >= 4 is 0 Å². The van der Waals surface area contributed by atoms with Crippen LogP contribution in [0, 0.1) is 113 Å². The van der Waals surface area contributed by atoms with Gasteiger partial charge in [-0.25, -0.2) is 0 Å². The SMILES string of the molecule is C[CH-]CCC.C[CH-]CCC.C[CH-]CCC.C[CH-]CCC.[CH2-]CC.[CH2-]CC.[CH2-]CC.[CH2-]CC.[CH3-].[CH3-].[CH3-].[CH3-].[CH3-].[CH3-].[CH3-].[CH3-].[Y].[Y].[Y].[Y].[Y].[Y].[Y].[Y]. The van der Waals surface area contributed by atoms with Gasteiger partial charge in [-0.3, -0.25) is 0 Å². The van der Waals surface area contributed by atoms with Crippen molar-refractivity contribution in [3.05, 3.63) is 113 Å². The van der Waals surface area contributed by atoms with Crippen molar-refractivity contribution < 1.29 is 262 Å². The Hall–Kier alpha value is 8.83. The molecule has 0 bridgehead atoms. The molecule has 0 aromatic rings. The smallest absolute Gasteiger partial charge is 0 e. The van der Waals surface area contributed by atoms with E-state index in [-0.39, 0.29) is 321 Å². The van der Waals surface area contributed by atoms with Crippen LogP contribution in [0.15, 0.2) is 0 Å². The molecule has 0 aliphatic heterocycles. The molecule has 0 aromatic heterocycles. The van der Waals surface area contributed by atoms with E-state index < -0.39 is 0 Å². The number of unbranched alkanes of at least 4 members (excludes halogenated alkanes) is 8. The van der Waals surface area contributed by atoms with Gasteiger partial charge in [0, 0.05) is 262 Å². The third-order valence-corrected chi connectivity index (χ3v) is 2.31. The molecule has 0 saturated carbocycles. The third kappa shape index (κ3) is 561. The second kappa shape index (κ2) is 272. The monoisotopic (exact) mass is 1290 g/mol. The van der Waals surface area contributed by atoms with Gasteiger partial charge < -0.3 is 113 Å². The summed E-state index contributed by atoms with van der Waals surface area (Å²) < 4.78 is 0. The standard InChI is InChI=1S/4C5H11.4C3H7.8CH3.8Y/c4*1-3-5-4-2;4*1-3-2;;;;;;;;;;;;;;;;/h4*3H,4-5H2,1-2H3;4*1,3H2,2H3;8*1H3;;;;;;;;/q16*-1;;;;;;;;. The van der Waals surface area contributed by atoms with Gasteiger partial charge in [-0.15, -0.1) is 0 Å². The van der Waals surface area contributed by atoms with Crippen LogP contribution in [-0.4, -0.2) is 0 Å². The summed E-state index contributed by atoms with van der Waals surface area (Å²) in [6.07, 6.45) is 22.9. The molecule has 296 valence electrons. The molecule has 0 N–H and O–H groups in total. The van der Waals surface area contributed by atoms with Crippen molar-refractivity contribution in [2.45, 2.75) is 160 Å². The first-order valence-electron chi connectivity index (χ1n) is 13.6. The Labute approximate surface area is 523 Å². The molecule has 0 saturated heterocycles. The third-order valence-electron chi connectivity index (χ3n) is 2.31. The van der Waals surface area contributed by atoms with E-state index in [0.29, 0.717) is 0 Å². The first kappa shape index (κ1) is 164. The van der Waals surface area contributed by atoms with E-state index in [9.17, 15) is 0 Å². The number of hydrogen-bond acceptors (Lipinski definition) is 0. The summed E-state index contributed by atoms with van der Waals surface area (Å²) in [5.41, 5.74) is 0. The fraction of sp³-hybridized carbons (Fsp3) is 0.600. The Morgan fingerprint density at radius 1 is 0.271 bits per heavy atom. The van der Waals surface area contributed by atoms with Crippen LogP contribution in [-0.2, 0) is 262 Å². The molecular formula is C40H96Y8-16. The zero-order valence-electron chi connectivity index (χ0n) is 38.2. The van der Waals surface area contributed by atoms with E-state index in [4.69, 9.17) is 0 Å². The average molecular weight is 1290 g/mol. The Morgan fingerprint density at radius 3 is 0.333 bits per heavy atom. The summed E-state index contributed by atoms with van der Waals surface area (Å²) in [4.78, 5) is 0. The predicted molar refractivity (Wildman–Crippen MR) is 213 cm³/mol. The maximum absolute atomic E-state index is 3.49. The summed E-state index contributed by atoms with van der Waals surface area (Å²) in [6, 6.07) is 0. The van der Waals surface area contributed by atoms with Crippen LogP contribution < -0.4 is 0 Å². The van der Waals surface area contributed by atoms with Gasteiger partial charge in [0.2, 0.25) is 0 Å². The minimum atomic E-state index is 0. The Kier molecular flexibility index (Phi) is 932. The molecule has 0 spiro atoms. The maximum atomic E-state index is 3.49. The van der Waals surface area contributed by atoms with Crippen LogP contribution in [0.25, 0.3) is 0 Å². The van der Waals surface area contributed by atoms with Crippen molar-refractivity contribution in [1.29, 1.82) is 0 Å². The van der Waals surface area contributed by atoms with E-state index in [1.807, 2.05) is 27.7 Å². The van der Waals surface area contributed by atoms with Crippen LogP contribution in [0.4, 0.5) is 0 Å². The van der Waals surface area contributed by atoms with Gasteiger partial charge in [0.25, 0.3) is 0 Å². The fourth-order valence-corrected chi connectivity index (χ4v) is 1.15. The summed E-state index contributed by atoms with van der Waals surface area (Å²) in [6.45, 7) is 39.1. The van der Waals surface area contributed by atoms with E-state index in [0.717, 1.165) is 25.7 Å². The molecule has 0 aliphatic rings. The number of rotatable bonds is 8. The van der Waals surface area contributed by atoms with Gasteiger partial charge in [-0.1, -0.05) is 81.1 Å². The molecule has 0 aromatic carbocycles. The van der Waals surface area contributed by atoms with E-state index in [2.05, 4.69) is 109 Å². The molecular weight excluding hydrogens is 1190 g/mol. The zero-order valence-corrected chi connectivity index (χ0v) is 60.9. The quantitative estimate of drug-likeness (QED) is 0.213. The Morgan fingerprint density at radius 2 is 0.333 bits per heavy atom. The first-order chi connectivity index (χ1) is 15.3. The Bertz CT molecular complexity index is 119. The fourth-order valence-electron chi connectivity index (χ4n) is 1.15. The zero-order chi connectivity index (χ0) is 27.3. The summed E-state index contributed by atoms with van der Waals surface area (Å²) in [5.74, 6) is 0. The number of hydrogen-bond donors (Lipinski definition) is 0. The van der Waals surface area contributed by atoms with Crippen LogP contribution in [0.1, 0.15) is 160 Å². The molecule has 0 unspecified atom stereocenters. The second-order valence-corrected chi connectivity index (χ2v) is 6.79. The minimum absolute atomic E-state index is 0.